The molecule has 0 N–H and O–H groups in total. The molecule has 0 aliphatic rings. The lowest BCUT2D eigenvalue weighted by Gasteiger charge is -2.04. The van der Waals surface area contributed by atoms with Gasteiger partial charge in [-0.05, 0) is 13.8 Å². The average Bonchev–Trinajstić information content (AvgIpc) is 2.18. The fraction of sp³-hybridized carbons (Fsp3) is 0.556. The third-order valence-electron chi connectivity index (χ3n) is 1.27. The van der Waals surface area contributed by atoms with Crippen LogP contribution in [0.25, 0.3) is 0 Å². The van der Waals surface area contributed by atoms with E-state index < -0.39 is 11.9 Å². The highest BCUT2D eigenvalue weighted by Gasteiger charge is 2.20. The summed E-state index contributed by atoms with van der Waals surface area (Å²) in [6.45, 7) is 3.93. The molecule has 0 aliphatic carbocycles. The number of methoxy groups -OCH3 is 1. The standard InChI is InChI=1S/C9H14O5/c1-4-13-6-7(8(10)12-3)9(11)14-5-2/h6H,4-5H2,1-3H3/b7-6+. The fourth-order valence-corrected chi connectivity index (χ4v) is 0.665. The maximum Gasteiger partial charge on any atom is 0.348 e. The monoisotopic (exact) mass is 202 g/mol. The second kappa shape index (κ2) is 6.94. The van der Waals surface area contributed by atoms with Gasteiger partial charge in [0.2, 0.25) is 0 Å². The van der Waals surface area contributed by atoms with Crippen LogP contribution in [0.2, 0.25) is 0 Å². The van der Waals surface area contributed by atoms with Crippen molar-refractivity contribution in [1.82, 2.24) is 0 Å². The van der Waals surface area contributed by atoms with Crippen molar-refractivity contribution in [2.45, 2.75) is 13.8 Å². The fourth-order valence-electron chi connectivity index (χ4n) is 0.665. The smallest absolute Gasteiger partial charge is 0.348 e. The van der Waals surface area contributed by atoms with Crippen molar-refractivity contribution in [3.8, 4) is 0 Å². The summed E-state index contributed by atoms with van der Waals surface area (Å²) < 4.78 is 13.8. The molecule has 5 nitrogen and oxygen atoms in total. The van der Waals surface area contributed by atoms with E-state index in [-0.39, 0.29) is 12.2 Å². The molecule has 14 heavy (non-hydrogen) atoms. The Labute approximate surface area is 82.6 Å². The summed E-state index contributed by atoms with van der Waals surface area (Å²) in [5.74, 6) is -1.51. The van der Waals surface area contributed by atoms with Gasteiger partial charge in [0.1, 0.15) is 6.26 Å². The molecule has 0 atom stereocenters. The van der Waals surface area contributed by atoms with Gasteiger partial charge in [0.05, 0.1) is 20.3 Å². The molecule has 0 aromatic carbocycles. The minimum absolute atomic E-state index is 0.194. The Morgan fingerprint density at radius 3 is 2.21 bits per heavy atom. The van der Waals surface area contributed by atoms with E-state index in [4.69, 9.17) is 4.74 Å². The molecule has 0 radical (unpaired) electrons. The summed E-state index contributed by atoms with van der Waals surface area (Å²) in [5, 5.41) is 0. The Morgan fingerprint density at radius 2 is 1.79 bits per heavy atom. The van der Waals surface area contributed by atoms with E-state index in [1.165, 1.54) is 7.11 Å². The van der Waals surface area contributed by atoms with Gasteiger partial charge < -0.3 is 14.2 Å². The highest BCUT2D eigenvalue weighted by atomic mass is 16.6. The Balaban J connectivity index is 4.54. The molecule has 0 bridgehead atoms. The maximum absolute atomic E-state index is 11.2. The summed E-state index contributed by atoms with van der Waals surface area (Å²) in [6.07, 6.45) is 1.05. The molecule has 0 aromatic heterocycles. The maximum atomic E-state index is 11.2. The van der Waals surface area contributed by atoms with E-state index in [0.29, 0.717) is 6.61 Å². The van der Waals surface area contributed by atoms with Crippen molar-refractivity contribution in [3.05, 3.63) is 11.8 Å². The van der Waals surface area contributed by atoms with Crippen LogP contribution in [0, 0.1) is 0 Å². The van der Waals surface area contributed by atoms with Crippen LogP contribution in [0.5, 0.6) is 0 Å². The van der Waals surface area contributed by atoms with E-state index in [1.807, 2.05) is 0 Å². The number of hydrogen-bond acceptors (Lipinski definition) is 5. The molecule has 0 saturated heterocycles. The van der Waals surface area contributed by atoms with Crippen molar-refractivity contribution in [2.24, 2.45) is 0 Å². The molecule has 0 fully saturated rings. The van der Waals surface area contributed by atoms with E-state index in [9.17, 15) is 9.59 Å². The van der Waals surface area contributed by atoms with Crippen LogP contribution in [-0.4, -0.2) is 32.3 Å². The average molecular weight is 202 g/mol. The molecule has 0 rings (SSSR count). The Hall–Kier alpha value is -1.52. The van der Waals surface area contributed by atoms with E-state index in [0.717, 1.165) is 6.26 Å². The Morgan fingerprint density at radius 1 is 1.14 bits per heavy atom. The van der Waals surface area contributed by atoms with Gasteiger partial charge in [-0.3, -0.25) is 0 Å². The van der Waals surface area contributed by atoms with Crippen LogP contribution in [0.1, 0.15) is 13.8 Å². The number of carbonyl (C=O) groups is 2. The first-order valence-electron chi connectivity index (χ1n) is 4.24. The van der Waals surface area contributed by atoms with Gasteiger partial charge in [0.25, 0.3) is 0 Å². The van der Waals surface area contributed by atoms with Gasteiger partial charge in [-0.25, -0.2) is 9.59 Å². The third-order valence-corrected chi connectivity index (χ3v) is 1.27. The van der Waals surface area contributed by atoms with Gasteiger partial charge in [-0.15, -0.1) is 0 Å². The second-order valence-corrected chi connectivity index (χ2v) is 2.20. The first-order chi connectivity index (χ1) is 6.67. The molecule has 5 heteroatoms. The first kappa shape index (κ1) is 12.5. The second-order valence-electron chi connectivity index (χ2n) is 2.20. The Bertz CT molecular complexity index is 231. The molecule has 0 unspecified atom stereocenters. The Kier molecular flexibility index (Phi) is 6.19. The van der Waals surface area contributed by atoms with Crippen molar-refractivity contribution in [2.75, 3.05) is 20.3 Å². The zero-order valence-corrected chi connectivity index (χ0v) is 8.53. The molecular weight excluding hydrogens is 188 g/mol. The molecule has 80 valence electrons. The number of rotatable bonds is 5. The topological polar surface area (TPSA) is 61.8 Å². The minimum Gasteiger partial charge on any atom is -0.500 e. The van der Waals surface area contributed by atoms with Gasteiger partial charge >= 0.3 is 11.9 Å². The lowest BCUT2D eigenvalue weighted by atomic mass is 10.3. The number of esters is 2. The summed E-state index contributed by atoms with van der Waals surface area (Å²) in [4.78, 5) is 22.2. The predicted molar refractivity (Wildman–Crippen MR) is 48.4 cm³/mol. The van der Waals surface area contributed by atoms with Crippen molar-refractivity contribution < 1.29 is 23.8 Å². The summed E-state index contributed by atoms with van der Waals surface area (Å²) in [6, 6.07) is 0. The molecule has 0 saturated carbocycles. The summed E-state index contributed by atoms with van der Waals surface area (Å²) in [5.41, 5.74) is -0.240. The highest BCUT2D eigenvalue weighted by molar-refractivity contribution is 6.13. The van der Waals surface area contributed by atoms with Crippen molar-refractivity contribution >= 4 is 11.9 Å². The number of carbonyl (C=O) groups excluding carboxylic acids is 2. The van der Waals surface area contributed by atoms with Gasteiger partial charge in [-0.2, -0.15) is 0 Å². The lowest BCUT2D eigenvalue weighted by Crippen LogP contribution is -2.17. The number of hydrogen-bond donors (Lipinski definition) is 0. The molecule has 0 aromatic rings. The zero-order chi connectivity index (χ0) is 11.0. The lowest BCUT2D eigenvalue weighted by molar-refractivity contribution is -0.145. The number of ether oxygens (including phenoxy) is 3. The van der Waals surface area contributed by atoms with Crippen molar-refractivity contribution in [3.63, 3.8) is 0 Å². The van der Waals surface area contributed by atoms with E-state index in [2.05, 4.69) is 9.47 Å². The van der Waals surface area contributed by atoms with E-state index in [1.54, 1.807) is 13.8 Å². The molecule has 0 amide bonds. The van der Waals surface area contributed by atoms with Crippen LogP contribution in [-0.2, 0) is 23.8 Å². The summed E-state index contributed by atoms with van der Waals surface area (Å²) in [7, 11) is 1.18. The summed E-state index contributed by atoms with van der Waals surface area (Å²) >= 11 is 0. The SMILES string of the molecule is CCO/C=C(\C(=O)OC)C(=O)OCC. The normalized spacial score (nSPS) is 10.6. The van der Waals surface area contributed by atoms with E-state index >= 15 is 0 Å². The largest absolute Gasteiger partial charge is 0.500 e. The van der Waals surface area contributed by atoms with Crippen LogP contribution in [0.3, 0.4) is 0 Å². The molecule has 0 aliphatic heterocycles. The molecule has 0 heterocycles. The molecular formula is C9H14O5. The van der Waals surface area contributed by atoms with Gasteiger partial charge in [-0.1, -0.05) is 0 Å². The quantitative estimate of drug-likeness (QED) is 0.215. The third kappa shape index (κ3) is 3.93. The molecule has 0 spiro atoms. The van der Waals surface area contributed by atoms with Gasteiger partial charge in [0, 0.05) is 0 Å². The van der Waals surface area contributed by atoms with Crippen LogP contribution in [0.4, 0.5) is 0 Å². The van der Waals surface area contributed by atoms with Crippen LogP contribution >= 0.6 is 0 Å². The zero-order valence-electron chi connectivity index (χ0n) is 8.53. The van der Waals surface area contributed by atoms with Gasteiger partial charge in [0.15, 0.2) is 5.57 Å². The first-order valence-corrected chi connectivity index (χ1v) is 4.24. The van der Waals surface area contributed by atoms with Crippen LogP contribution in [0.15, 0.2) is 11.8 Å². The highest BCUT2D eigenvalue weighted by Crippen LogP contribution is 2.01. The van der Waals surface area contributed by atoms with Crippen LogP contribution < -0.4 is 0 Å². The van der Waals surface area contributed by atoms with Crippen molar-refractivity contribution in [1.29, 1.82) is 0 Å². The minimum atomic E-state index is -0.767. The predicted octanol–water partition coefficient (Wildman–Crippen LogP) is 0.643.